The van der Waals surface area contributed by atoms with Crippen LogP contribution < -0.4 is 5.73 Å². The fourth-order valence-corrected chi connectivity index (χ4v) is 1.58. The van der Waals surface area contributed by atoms with Gasteiger partial charge in [0.25, 0.3) is 0 Å². The van der Waals surface area contributed by atoms with Crippen molar-refractivity contribution in [1.29, 1.82) is 0 Å². The zero-order chi connectivity index (χ0) is 12.3. The highest BCUT2D eigenvalue weighted by molar-refractivity contribution is 5.85. The van der Waals surface area contributed by atoms with Crippen LogP contribution in [0.15, 0.2) is 24.3 Å². The number of hydrogen-bond donors (Lipinski definition) is 1. The number of benzene rings is 1. The number of rotatable bonds is 3. The van der Waals surface area contributed by atoms with E-state index in [0.717, 1.165) is 5.56 Å². The van der Waals surface area contributed by atoms with Gasteiger partial charge in [-0.2, -0.15) is 0 Å². The maximum Gasteiger partial charge on any atom is 0.239 e. The van der Waals surface area contributed by atoms with Gasteiger partial charge in [-0.1, -0.05) is 29.8 Å². The molecule has 1 aromatic rings. The molecule has 0 saturated carbocycles. The molecule has 2 N–H and O–H groups in total. The molecule has 0 heterocycles. The van der Waals surface area contributed by atoms with E-state index in [1.807, 2.05) is 26.0 Å². The molecule has 2 atom stereocenters. The molecule has 1 amide bonds. The van der Waals surface area contributed by atoms with Crippen LogP contribution in [0.1, 0.15) is 31.0 Å². The highest BCUT2D eigenvalue weighted by atomic mass is 35.5. The summed E-state index contributed by atoms with van der Waals surface area (Å²) < 4.78 is 0. The van der Waals surface area contributed by atoms with Crippen molar-refractivity contribution >= 4 is 18.3 Å². The molecule has 0 radical (unpaired) electrons. The maximum atomic E-state index is 11.7. The third-order valence-corrected chi connectivity index (χ3v) is 2.88. The number of likely N-dealkylation sites (N-methyl/N-ethyl adjacent to an activating group) is 1. The SMILES string of the molecule is Cc1ccc(C(C)N(C)C(=O)[C@@H](C)N)cc1.Cl. The molecule has 0 aliphatic rings. The number of carbonyl (C=O) groups excluding carboxylic acids is 1. The summed E-state index contributed by atoms with van der Waals surface area (Å²) in [5.41, 5.74) is 7.93. The van der Waals surface area contributed by atoms with Gasteiger partial charge in [0.2, 0.25) is 5.91 Å². The van der Waals surface area contributed by atoms with Crippen LogP contribution in [0.5, 0.6) is 0 Å². The van der Waals surface area contributed by atoms with Gasteiger partial charge in [0.05, 0.1) is 12.1 Å². The van der Waals surface area contributed by atoms with Crippen molar-refractivity contribution in [2.75, 3.05) is 7.05 Å². The first kappa shape index (κ1) is 15.9. The van der Waals surface area contributed by atoms with Gasteiger partial charge in [-0.05, 0) is 26.3 Å². The van der Waals surface area contributed by atoms with Gasteiger partial charge in [0.1, 0.15) is 0 Å². The lowest BCUT2D eigenvalue weighted by Crippen LogP contribution is -2.40. The van der Waals surface area contributed by atoms with Crippen LogP contribution in [0, 0.1) is 6.92 Å². The van der Waals surface area contributed by atoms with Crippen LogP contribution in [-0.4, -0.2) is 23.9 Å². The fraction of sp³-hybridized carbons (Fsp3) is 0.462. The van der Waals surface area contributed by atoms with Crippen LogP contribution in [0.2, 0.25) is 0 Å². The molecule has 0 saturated heterocycles. The third kappa shape index (κ3) is 4.02. The Bertz CT molecular complexity index is 362. The molecular weight excluding hydrogens is 236 g/mol. The summed E-state index contributed by atoms with van der Waals surface area (Å²) in [6, 6.07) is 7.80. The van der Waals surface area contributed by atoms with Crippen molar-refractivity contribution in [2.45, 2.75) is 32.9 Å². The molecule has 96 valence electrons. The lowest BCUT2D eigenvalue weighted by Gasteiger charge is -2.27. The van der Waals surface area contributed by atoms with E-state index >= 15 is 0 Å². The Labute approximate surface area is 109 Å². The number of amides is 1. The van der Waals surface area contributed by atoms with Crippen LogP contribution in [-0.2, 0) is 4.79 Å². The van der Waals surface area contributed by atoms with Gasteiger partial charge in [-0.3, -0.25) is 4.79 Å². The van der Waals surface area contributed by atoms with Gasteiger partial charge in [0, 0.05) is 7.05 Å². The second kappa shape index (κ2) is 6.62. The van der Waals surface area contributed by atoms with Gasteiger partial charge < -0.3 is 10.6 Å². The van der Waals surface area contributed by atoms with E-state index in [1.165, 1.54) is 5.56 Å². The smallest absolute Gasteiger partial charge is 0.239 e. The van der Waals surface area contributed by atoms with E-state index in [-0.39, 0.29) is 24.4 Å². The van der Waals surface area contributed by atoms with Gasteiger partial charge in [-0.25, -0.2) is 0 Å². The monoisotopic (exact) mass is 256 g/mol. The number of aryl methyl sites for hydroxylation is 1. The minimum absolute atomic E-state index is 0. The normalized spacial score (nSPS) is 13.5. The number of carbonyl (C=O) groups is 1. The quantitative estimate of drug-likeness (QED) is 0.902. The fourth-order valence-electron chi connectivity index (χ4n) is 1.58. The van der Waals surface area contributed by atoms with Gasteiger partial charge in [0.15, 0.2) is 0 Å². The number of nitrogens with two attached hydrogens (primary N) is 1. The number of halogens is 1. The summed E-state index contributed by atoms with van der Waals surface area (Å²) in [7, 11) is 1.79. The largest absolute Gasteiger partial charge is 0.338 e. The standard InChI is InChI=1S/C13H20N2O.ClH/c1-9-5-7-12(8-6-9)11(3)15(4)13(16)10(2)14;/h5-8,10-11H,14H2,1-4H3;1H/t10-,11?;/m1./s1. The highest BCUT2D eigenvalue weighted by Gasteiger charge is 2.19. The summed E-state index contributed by atoms with van der Waals surface area (Å²) >= 11 is 0. The van der Waals surface area contributed by atoms with Crippen molar-refractivity contribution < 1.29 is 4.79 Å². The predicted octanol–water partition coefficient (Wildman–Crippen LogP) is 2.28. The zero-order valence-corrected chi connectivity index (χ0v) is 11.6. The summed E-state index contributed by atoms with van der Waals surface area (Å²) in [4.78, 5) is 13.4. The molecule has 0 aliphatic heterocycles. The highest BCUT2D eigenvalue weighted by Crippen LogP contribution is 2.19. The summed E-state index contributed by atoms with van der Waals surface area (Å²) in [5.74, 6) is -0.0342. The zero-order valence-electron chi connectivity index (χ0n) is 10.8. The molecule has 0 aromatic heterocycles. The summed E-state index contributed by atoms with van der Waals surface area (Å²) in [5, 5.41) is 0. The summed E-state index contributed by atoms with van der Waals surface area (Å²) in [6.07, 6.45) is 0. The predicted molar refractivity (Wildman–Crippen MR) is 73.3 cm³/mol. The Kier molecular flexibility index (Phi) is 6.21. The molecule has 0 spiro atoms. The molecule has 0 bridgehead atoms. The second-order valence-corrected chi connectivity index (χ2v) is 4.32. The van der Waals surface area contributed by atoms with E-state index in [2.05, 4.69) is 12.1 Å². The van der Waals surface area contributed by atoms with Crippen molar-refractivity contribution in [3.8, 4) is 0 Å². The first-order chi connectivity index (χ1) is 7.43. The first-order valence-electron chi connectivity index (χ1n) is 5.52. The van der Waals surface area contributed by atoms with E-state index in [0.29, 0.717) is 0 Å². The number of hydrogen-bond acceptors (Lipinski definition) is 2. The molecule has 0 fully saturated rings. The number of nitrogens with zero attached hydrogens (tertiary/aromatic N) is 1. The topological polar surface area (TPSA) is 46.3 Å². The molecule has 17 heavy (non-hydrogen) atoms. The average Bonchev–Trinajstić information content (AvgIpc) is 2.27. The van der Waals surface area contributed by atoms with Crippen molar-refractivity contribution in [1.82, 2.24) is 4.90 Å². The van der Waals surface area contributed by atoms with E-state index < -0.39 is 6.04 Å². The Morgan fingerprint density at radius 3 is 2.12 bits per heavy atom. The second-order valence-electron chi connectivity index (χ2n) is 4.32. The van der Waals surface area contributed by atoms with Crippen LogP contribution >= 0.6 is 12.4 Å². The molecule has 1 rings (SSSR count). The lowest BCUT2D eigenvalue weighted by atomic mass is 10.1. The average molecular weight is 257 g/mol. The third-order valence-electron chi connectivity index (χ3n) is 2.88. The lowest BCUT2D eigenvalue weighted by molar-refractivity contribution is -0.132. The van der Waals surface area contributed by atoms with E-state index in [9.17, 15) is 4.79 Å². The molecule has 1 aromatic carbocycles. The maximum absolute atomic E-state index is 11.7. The van der Waals surface area contributed by atoms with Crippen molar-refractivity contribution in [2.24, 2.45) is 5.73 Å². The van der Waals surface area contributed by atoms with Crippen molar-refractivity contribution in [3.05, 3.63) is 35.4 Å². The minimum atomic E-state index is -0.446. The van der Waals surface area contributed by atoms with E-state index in [1.54, 1.807) is 18.9 Å². The van der Waals surface area contributed by atoms with Crippen LogP contribution in [0.25, 0.3) is 0 Å². The van der Waals surface area contributed by atoms with Crippen LogP contribution in [0.4, 0.5) is 0 Å². The van der Waals surface area contributed by atoms with Crippen LogP contribution in [0.3, 0.4) is 0 Å². The Morgan fingerprint density at radius 1 is 1.24 bits per heavy atom. The molecule has 1 unspecified atom stereocenters. The first-order valence-corrected chi connectivity index (χ1v) is 5.52. The minimum Gasteiger partial charge on any atom is -0.338 e. The van der Waals surface area contributed by atoms with Gasteiger partial charge in [-0.15, -0.1) is 12.4 Å². The Hall–Kier alpha value is -1.06. The molecule has 0 aliphatic carbocycles. The van der Waals surface area contributed by atoms with Crippen molar-refractivity contribution in [3.63, 3.8) is 0 Å². The molecule has 3 nitrogen and oxygen atoms in total. The Balaban J connectivity index is 0.00000256. The Morgan fingerprint density at radius 2 is 1.71 bits per heavy atom. The molecular formula is C13H21ClN2O. The van der Waals surface area contributed by atoms with Gasteiger partial charge >= 0.3 is 0 Å². The van der Waals surface area contributed by atoms with E-state index in [4.69, 9.17) is 5.73 Å². The summed E-state index contributed by atoms with van der Waals surface area (Å²) in [6.45, 7) is 5.76. The molecule has 4 heteroatoms.